The Bertz CT molecular complexity index is 307. The van der Waals surface area contributed by atoms with E-state index in [1.54, 1.807) is 0 Å². The van der Waals surface area contributed by atoms with Gasteiger partial charge in [0.2, 0.25) is 0 Å². The van der Waals surface area contributed by atoms with Crippen LogP contribution in [0.4, 0.5) is 0 Å². The Labute approximate surface area is 119 Å². The van der Waals surface area contributed by atoms with Crippen molar-refractivity contribution in [1.29, 1.82) is 0 Å². The molecular formula is C15H30O3Si. The second-order valence-corrected chi connectivity index (χ2v) is 11.8. The summed E-state index contributed by atoms with van der Waals surface area (Å²) in [7, 11) is -1.81. The molecule has 112 valence electrons. The summed E-state index contributed by atoms with van der Waals surface area (Å²) in [4.78, 5) is 12.1. The normalized spacial score (nSPS) is 25.2. The van der Waals surface area contributed by atoms with Gasteiger partial charge < -0.3 is 9.16 Å². The van der Waals surface area contributed by atoms with Gasteiger partial charge in [-0.25, -0.2) is 0 Å². The van der Waals surface area contributed by atoms with Gasteiger partial charge in [0.05, 0.1) is 18.6 Å². The summed E-state index contributed by atoms with van der Waals surface area (Å²) in [5.74, 6) is -0.117. The molecule has 0 spiro atoms. The molecule has 0 saturated heterocycles. The van der Waals surface area contributed by atoms with Crippen molar-refractivity contribution in [1.82, 2.24) is 0 Å². The highest BCUT2D eigenvalue weighted by atomic mass is 28.4. The summed E-state index contributed by atoms with van der Waals surface area (Å²) < 4.78 is 11.7. The van der Waals surface area contributed by atoms with Crippen molar-refractivity contribution in [2.75, 3.05) is 6.61 Å². The smallest absolute Gasteiger partial charge is 0.311 e. The molecule has 0 aromatic rings. The van der Waals surface area contributed by atoms with Gasteiger partial charge in [-0.1, -0.05) is 33.6 Å². The highest BCUT2D eigenvalue weighted by molar-refractivity contribution is 6.74. The van der Waals surface area contributed by atoms with Crippen molar-refractivity contribution in [3.8, 4) is 0 Å². The molecule has 1 aliphatic rings. The van der Waals surface area contributed by atoms with Gasteiger partial charge in [0.1, 0.15) is 0 Å². The third-order valence-electron chi connectivity index (χ3n) is 4.54. The van der Waals surface area contributed by atoms with Crippen LogP contribution < -0.4 is 0 Å². The molecule has 1 rings (SSSR count). The standard InChI is InChI=1S/C15H30O3Si/c1-7-17-14(16)12-10-8-9-11-13(12)18-19(5,6)15(2,3)4/h12-13H,7-11H2,1-6H3/t12-,13-/m0/s1. The summed E-state index contributed by atoms with van der Waals surface area (Å²) in [5, 5.41) is 0.184. The maximum atomic E-state index is 12.1. The number of carbonyl (C=O) groups excluding carboxylic acids is 1. The molecule has 1 fully saturated rings. The average Bonchev–Trinajstić information content (AvgIpc) is 2.28. The van der Waals surface area contributed by atoms with Crippen molar-refractivity contribution < 1.29 is 14.0 Å². The Morgan fingerprint density at radius 2 is 1.79 bits per heavy atom. The first-order valence-electron chi connectivity index (χ1n) is 7.53. The van der Waals surface area contributed by atoms with Crippen LogP contribution in [0, 0.1) is 5.92 Å². The molecule has 0 N–H and O–H groups in total. The molecule has 0 aliphatic heterocycles. The topological polar surface area (TPSA) is 35.5 Å². The van der Waals surface area contributed by atoms with E-state index in [1.807, 2.05) is 6.92 Å². The number of esters is 1. The Morgan fingerprint density at radius 3 is 2.32 bits per heavy atom. The van der Waals surface area contributed by atoms with Crippen molar-refractivity contribution >= 4 is 14.3 Å². The highest BCUT2D eigenvalue weighted by Gasteiger charge is 2.43. The lowest BCUT2D eigenvalue weighted by atomic mass is 9.87. The van der Waals surface area contributed by atoms with Crippen molar-refractivity contribution in [3.63, 3.8) is 0 Å². The van der Waals surface area contributed by atoms with Crippen LogP contribution in [-0.2, 0) is 14.0 Å². The maximum absolute atomic E-state index is 12.1. The van der Waals surface area contributed by atoms with Crippen molar-refractivity contribution in [2.24, 2.45) is 5.92 Å². The third-order valence-corrected chi connectivity index (χ3v) is 9.05. The molecule has 0 radical (unpaired) electrons. The predicted molar refractivity (Wildman–Crippen MR) is 80.7 cm³/mol. The second-order valence-electron chi connectivity index (χ2n) is 7.06. The van der Waals surface area contributed by atoms with E-state index < -0.39 is 8.32 Å². The number of hydrogen-bond acceptors (Lipinski definition) is 3. The zero-order chi connectivity index (χ0) is 14.7. The van der Waals surface area contributed by atoms with Crippen LogP contribution in [0.1, 0.15) is 53.4 Å². The number of ether oxygens (including phenoxy) is 1. The Hall–Kier alpha value is -0.353. The first-order chi connectivity index (χ1) is 8.69. The van der Waals surface area contributed by atoms with E-state index >= 15 is 0 Å². The van der Waals surface area contributed by atoms with Crippen LogP contribution in [0.15, 0.2) is 0 Å². The van der Waals surface area contributed by atoms with Crippen LogP contribution in [0.3, 0.4) is 0 Å². The summed E-state index contributed by atoms with van der Waals surface area (Å²) >= 11 is 0. The largest absolute Gasteiger partial charge is 0.466 e. The molecule has 0 unspecified atom stereocenters. The van der Waals surface area contributed by atoms with Crippen LogP contribution in [0.2, 0.25) is 18.1 Å². The predicted octanol–water partition coefficient (Wildman–Crippen LogP) is 4.13. The number of hydrogen-bond donors (Lipinski definition) is 0. The van der Waals surface area contributed by atoms with Crippen LogP contribution in [-0.4, -0.2) is 27.0 Å². The van der Waals surface area contributed by atoms with E-state index in [-0.39, 0.29) is 23.0 Å². The van der Waals surface area contributed by atoms with E-state index in [1.165, 1.54) is 0 Å². The minimum atomic E-state index is -1.81. The van der Waals surface area contributed by atoms with E-state index in [0.29, 0.717) is 6.61 Å². The molecule has 4 heteroatoms. The van der Waals surface area contributed by atoms with Gasteiger partial charge >= 0.3 is 5.97 Å². The molecule has 1 aliphatic carbocycles. The van der Waals surface area contributed by atoms with Gasteiger partial charge in [0.15, 0.2) is 8.32 Å². The van der Waals surface area contributed by atoms with Gasteiger partial charge in [-0.2, -0.15) is 0 Å². The fourth-order valence-corrected chi connectivity index (χ4v) is 3.70. The minimum Gasteiger partial charge on any atom is -0.466 e. The third kappa shape index (κ3) is 4.31. The molecule has 1 saturated carbocycles. The van der Waals surface area contributed by atoms with Crippen LogP contribution in [0.25, 0.3) is 0 Å². The lowest BCUT2D eigenvalue weighted by molar-refractivity contribution is -0.153. The first kappa shape index (κ1) is 16.7. The fraction of sp³-hybridized carbons (Fsp3) is 0.933. The van der Waals surface area contributed by atoms with E-state index in [9.17, 15) is 4.79 Å². The fourth-order valence-electron chi connectivity index (χ4n) is 2.31. The quantitative estimate of drug-likeness (QED) is 0.576. The summed E-state index contributed by atoms with van der Waals surface area (Å²) in [5.41, 5.74) is 0. The first-order valence-corrected chi connectivity index (χ1v) is 10.4. The van der Waals surface area contributed by atoms with E-state index in [2.05, 4.69) is 33.9 Å². The molecule has 0 amide bonds. The van der Waals surface area contributed by atoms with Crippen LogP contribution >= 0.6 is 0 Å². The zero-order valence-electron chi connectivity index (χ0n) is 13.4. The lowest BCUT2D eigenvalue weighted by Crippen LogP contribution is -2.48. The molecule has 0 heterocycles. The van der Waals surface area contributed by atoms with Gasteiger partial charge in [-0.3, -0.25) is 4.79 Å². The molecule has 0 bridgehead atoms. The maximum Gasteiger partial charge on any atom is 0.311 e. The molecular weight excluding hydrogens is 256 g/mol. The molecule has 19 heavy (non-hydrogen) atoms. The Kier molecular flexibility index (Phi) is 5.62. The van der Waals surface area contributed by atoms with E-state index in [0.717, 1.165) is 25.7 Å². The van der Waals surface area contributed by atoms with Crippen molar-refractivity contribution in [2.45, 2.75) is 77.6 Å². The zero-order valence-corrected chi connectivity index (χ0v) is 14.4. The molecule has 0 aromatic heterocycles. The van der Waals surface area contributed by atoms with Gasteiger partial charge in [-0.15, -0.1) is 0 Å². The number of carbonyl (C=O) groups is 1. The SMILES string of the molecule is CCOC(=O)[C@H]1CCCC[C@@H]1O[Si](C)(C)C(C)(C)C. The van der Waals surface area contributed by atoms with Gasteiger partial charge in [0, 0.05) is 0 Å². The van der Waals surface area contributed by atoms with Gasteiger partial charge in [-0.05, 0) is 37.9 Å². The monoisotopic (exact) mass is 286 g/mol. The average molecular weight is 286 g/mol. The second kappa shape index (κ2) is 6.40. The minimum absolute atomic E-state index is 0.0529. The van der Waals surface area contributed by atoms with E-state index in [4.69, 9.17) is 9.16 Å². The number of rotatable bonds is 4. The van der Waals surface area contributed by atoms with Crippen molar-refractivity contribution in [3.05, 3.63) is 0 Å². The Morgan fingerprint density at radius 1 is 1.21 bits per heavy atom. The molecule has 2 atom stereocenters. The summed E-state index contributed by atoms with van der Waals surface area (Å²) in [6, 6.07) is 0. The van der Waals surface area contributed by atoms with Crippen LogP contribution in [0.5, 0.6) is 0 Å². The summed E-state index contributed by atoms with van der Waals surface area (Å²) in [6.07, 6.45) is 4.25. The Balaban J connectivity index is 2.75. The van der Waals surface area contributed by atoms with Gasteiger partial charge in [0.25, 0.3) is 0 Å². The highest BCUT2D eigenvalue weighted by Crippen LogP contribution is 2.40. The molecule has 0 aromatic carbocycles. The summed E-state index contributed by atoms with van der Waals surface area (Å²) in [6.45, 7) is 13.5. The lowest BCUT2D eigenvalue weighted by Gasteiger charge is -2.42. The molecule has 3 nitrogen and oxygen atoms in total.